The number of aliphatic hydroxyl groups is 2. The number of aliphatic carboxylic acids is 2. The summed E-state index contributed by atoms with van der Waals surface area (Å²) in [6.07, 6.45) is -0.800. The fourth-order valence-corrected chi connectivity index (χ4v) is 9.92. The van der Waals surface area contributed by atoms with Gasteiger partial charge in [-0.25, -0.2) is 19.2 Å². The molecule has 0 bridgehead atoms. The van der Waals surface area contributed by atoms with Gasteiger partial charge in [-0.2, -0.15) is 13.2 Å². The van der Waals surface area contributed by atoms with E-state index in [1.165, 1.54) is 25.3 Å². The van der Waals surface area contributed by atoms with Crippen LogP contribution in [0.15, 0.2) is 154 Å². The molecule has 7 N–H and O–H groups in total. The molecule has 22 heteroatoms. The highest BCUT2D eigenvalue weighted by Crippen LogP contribution is 2.47. The summed E-state index contributed by atoms with van der Waals surface area (Å²) in [5, 5.41) is 48.7. The molecular formula is C64H83Cl2F3N4O13. The number of hydrogen-bond acceptors (Lipinski definition) is 15. The van der Waals surface area contributed by atoms with E-state index in [0.717, 1.165) is 44.6 Å². The number of para-hydroxylation sites is 2. The van der Waals surface area contributed by atoms with E-state index in [4.69, 9.17) is 23.7 Å². The molecule has 0 aliphatic carbocycles. The molecule has 86 heavy (non-hydrogen) atoms. The Morgan fingerprint density at radius 3 is 1.60 bits per heavy atom. The Morgan fingerprint density at radius 2 is 1.09 bits per heavy atom. The first kappa shape index (κ1) is 73.2. The van der Waals surface area contributed by atoms with Crippen molar-refractivity contribution >= 4 is 48.7 Å². The molecule has 6 rings (SSSR count). The van der Waals surface area contributed by atoms with Crippen LogP contribution in [0.4, 0.5) is 13.2 Å². The second-order valence-corrected chi connectivity index (χ2v) is 20.7. The number of hydrogen-bond donors (Lipinski definition) is 7. The molecule has 0 aromatic heterocycles. The van der Waals surface area contributed by atoms with Gasteiger partial charge in [0.25, 0.3) is 0 Å². The van der Waals surface area contributed by atoms with Crippen molar-refractivity contribution in [3.63, 3.8) is 0 Å². The zero-order chi connectivity index (χ0) is 61.3. The number of esters is 2. The normalized spacial score (nSPS) is 15.4. The predicted molar refractivity (Wildman–Crippen MR) is 326 cm³/mol. The second-order valence-electron chi connectivity index (χ2n) is 20.7. The number of unbranched alkanes of at least 4 members (excludes halogenated alkanes) is 5. The number of ether oxygens (including phenoxy) is 5. The maximum atomic E-state index is 14.5. The Labute approximate surface area is 514 Å². The third kappa shape index (κ3) is 22.0. The lowest BCUT2D eigenvalue weighted by Gasteiger charge is -2.36. The smallest absolute Gasteiger partial charge is 0.416 e. The molecule has 472 valence electrons. The molecule has 0 saturated heterocycles. The molecule has 0 fully saturated rings. The molecule has 4 aromatic rings. The molecule has 4 unspecified atom stereocenters. The molecule has 2 heterocycles. The van der Waals surface area contributed by atoms with Crippen LogP contribution in [0.25, 0.3) is 0 Å². The first-order chi connectivity index (χ1) is 40.1. The summed E-state index contributed by atoms with van der Waals surface area (Å²) < 4.78 is 71.6. The molecule has 0 saturated carbocycles. The van der Waals surface area contributed by atoms with E-state index < -0.39 is 65.8 Å². The number of alkyl halides is 3. The van der Waals surface area contributed by atoms with Crippen molar-refractivity contribution in [3.05, 3.63) is 171 Å². The number of methoxy groups -OCH3 is 1. The van der Waals surface area contributed by atoms with Gasteiger partial charge in [-0.15, -0.1) is 24.8 Å². The lowest BCUT2D eigenvalue weighted by molar-refractivity contribution is -0.145. The average Bonchev–Trinajstić information content (AvgIpc) is 0.815. The minimum atomic E-state index is -4.76. The van der Waals surface area contributed by atoms with Crippen molar-refractivity contribution in [2.45, 2.75) is 122 Å². The van der Waals surface area contributed by atoms with Gasteiger partial charge in [0.15, 0.2) is 0 Å². The van der Waals surface area contributed by atoms with Crippen LogP contribution >= 0.6 is 24.8 Å². The van der Waals surface area contributed by atoms with Gasteiger partial charge in [-0.3, -0.25) is 0 Å². The monoisotopic (exact) mass is 1240 g/mol. The Kier molecular flexibility index (Phi) is 31.3. The average molecular weight is 1240 g/mol. The van der Waals surface area contributed by atoms with Crippen molar-refractivity contribution in [2.75, 3.05) is 60.2 Å². The molecule has 17 nitrogen and oxygen atoms in total. The van der Waals surface area contributed by atoms with Gasteiger partial charge in [-0.05, 0) is 133 Å². The number of benzene rings is 4. The molecule has 2 aliphatic heterocycles. The van der Waals surface area contributed by atoms with Crippen LogP contribution in [0, 0.1) is 0 Å². The van der Waals surface area contributed by atoms with Crippen molar-refractivity contribution < 1.29 is 76.5 Å². The number of carbonyl (C=O) groups is 4. The van der Waals surface area contributed by atoms with E-state index in [1.807, 2.05) is 60.7 Å². The third-order valence-corrected chi connectivity index (χ3v) is 14.4. The van der Waals surface area contributed by atoms with Gasteiger partial charge < -0.3 is 65.0 Å². The summed E-state index contributed by atoms with van der Waals surface area (Å²) in [5.41, 5.74) is 0.971. The van der Waals surface area contributed by atoms with Crippen molar-refractivity contribution in [1.29, 1.82) is 0 Å². The number of carboxylic acids is 2. The number of aliphatic hydroxyl groups excluding tert-OH is 2. The van der Waals surface area contributed by atoms with Crippen molar-refractivity contribution in [3.8, 4) is 17.2 Å². The predicted octanol–water partition coefficient (Wildman–Crippen LogP) is 10.9. The second kappa shape index (κ2) is 36.8. The minimum Gasteiger partial charge on any atom is -0.497 e. The van der Waals surface area contributed by atoms with Crippen molar-refractivity contribution in [2.24, 2.45) is 0 Å². The van der Waals surface area contributed by atoms with Crippen molar-refractivity contribution in [1.82, 2.24) is 20.9 Å². The van der Waals surface area contributed by atoms with Crippen LogP contribution in [0.5, 0.6) is 17.2 Å². The van der Waals surface area contributed by atoms with Gasteiger partial charge in [0, 0.05) is 42.9 Å². The summed E-state index contributed by atoms with van der Waals surface area (Å²) in [7, 11) is 3.16. The van der Waals surface area contributed by atoms with Crippen LogP contribution in [0.2, 0.25) is 0 Å². The highest BCUT2D eigenvalue weighted by molar-refractivity contribution is 6.00. The van der Waals surface area contributed by atoms with E-state index >= 15 is 0 Å². The number of dihydropyridines is 1. The maximum Gasteiger partial charge on any atom is 0.416 e. The fourth-order valence-electron chi connectivity index (χ4n) is 9.92. The first-order valence-corrected chi connectivity index (χ1v) is 28.3. The quantitative estimate of drug-likeness (QED) is 0.0183. The van der Waals surface area contributed by atoms with Gasteiger partial charge in [0.1, 0.15) is 42.7 Å². The highest BCUT2D eigenvalue weighted by atomic mass is 35.5. The summed E-state index contributed by atoms with van der Waals surface area (Å²) in [5.74, 6) is -4.19. The minimum absolute atomic E-state index is 0. The first-order valence-electron chi connectivity index (χ1n) is 28.3. The number of allylic oxidation sites excluding steroid dienone is 4. The summed E-state index contributed by atoms with van der Waals surface area (Å²) in [6, 6.07) is 30.3. The Hall–Kier alpha value is -7.07. The molecule has 2 aliphatic rings. The summed E-state index contributed by atoms with van der Waals surface area (Å²) in [4.78, 5) is 52.9. The molecule has 0 amide bonds. The zero-order valence-electron chi connectivity index (χ0n) is 49.7. The third-order valence-electron chi connectivity index (χ3n) is 14.4. The van der Waals surface area contributed by atoms with E-state index in [-0.39, 0.29) is 72.5 Å². The lowest BCUT2D eigenvalue weighted by atomic mass is 9.78. The van der Waals surface area contributed by atoms with Gasteiger partial charge in [0.05, 0.1) is 59.5 Å². The lowest BCUT2D eigenvalue weighted by Crippen LogP contribution is -2.35. The Bertz CT molecular complexity index is 2910. The number of rotatable bonds is 31. The molecule has 4 aromatic carbocycles. The fraction of sp³-hybridized carbons (Fsp3) is 0.438. The topological polar surface area (TPSA) is 235 Å². The zero-order valence-corrected chi connectivity index (χ0v) is 51.4. The SMILES string of the molecule is CC1=C(C(=O)OCCCCCCNCC(O)COc2ccccc2)C(c2ccccc2C(F)(F)F)C(C(=O)OC(C)CCCCCNCC(O)COc2ccccc2)=C(C)N1C.COc1cccc(C2C(C(=O)O)=C(C)NC(C)=C2C(=O)O)c1.Cl.Cl. The summed E-state index contributed by atoms with van der Waals surface area (Å²) in [6.45, 7) is 10.8. The van der Waals surface area contributed by atoms with Crippen LogP contribution in [0.1, 0.15) is 115 Å². The number of carboxylic acid groups (broad SMARTS) is 2. The Balaban J connectivity index is 0.000000675. The van der Waals surface area contributed by atoms with Gasteiger partial charge in [-0.1, -0.05) is 86.0 Å². The van der Waals surface area contributed by atoms with E-state index in [1.54, 1.807) is 70.8 Å². The standard InChI is InChI=1S/C48H64F3N3O8.C16H17NO5.2ClH/c1-34(20-10-9-18-28-53-31-38(56)33-61-40-23-13-8-14-24-40)62-47(58)44-36(3)54(4)35(2)43(45(44)41-25-15-16-26-42(41)48(49,50)51)46(57)59-29-19-6-5-17-27-52-30-37(55)32-60-39-21-11-7-12-22-39;1-8-12(15(18)19)14(13(16(20)21)9(2)17-8)10-5-4-6-11(7-10)22-3;;/h7-8,11-16,21-26,34,37-38,45,52-53,55-56H,5-6,9-10,17-20,27-33H2,1-4H3;4-7,14,17H,1-3H3,(H,18,19)(H,20,21);2*1H. The van der Waals surface area contributed by atoms with Crippen LogP contribution < -0.4 is 30.2 Å². The number of nitrogens with zero attached hydrogens (tertiary/aromatic N) is 1. The van der Waals surface area contributed by atoms with Gasteiger partial charge in [0.2, 0.25) is 0 Å². The van der Waals surface area contributed by atoms with Crippen LogP contribution in [-0.4, -0.2) is 128 Å². The van der Waals surface area contributed by atoms with E-state index in [9.17, 15) is 52.8 Å². The summed E-state index contributed by atoms with van der Waals surface area (Å²) >= 11 is 0. The van der Waals surface area contributed by atoms with E-state index in [2.05, 4.69) is 16.0 Å². The maximum absolute atomic E-state index is 14.5. The Morgan fingerprint density at radius 1 is 0.616 bits per heavy atom. The molecule has 0 spiro atoms. The highest BCUT2D eigenvalue weighted by Gasteiger charge is 2.45. The van der Waals surface area contributed by atoms with Gasteiger partial charge >= 0.3 is 30.1 Å². The van der Waals surface area contributed by atoms with E-state index in [0.29, 0.717) is 84.6 Å². The number of carbonyl (C=O) groups excluding carboxylic acids is 2. The van der Waals surface area contributed by atoms with Crippen LogP contribution in [0.3, 0.4) is 0 Å². The molecule has 0 radical (unpaired) electrons. The molecular weight excluding hydrogens is 1160 g/mol. The largest absolute Gasteiger partial charge is 0.497 e. The number of nitrogens with one attached hydrogen (secondary N) is 3. The van der Waals surface area contributed by atoms with Crippen LogP contribution in [-0.2, 0) is 34.8 Å². The molecule has 4 atom stereocenters. The number of halogens is 5.